The van der Waals surface area contributed by atoms with Crippen molar-refractivity contribution in [2.45, 2.75) is 40.0 Å². The van der Waals surface area contributed by atoms with Crippen LogP contribution in [0.3, 0.4) is 0 Å². The maximum Gasteiger partial charge on any atom is 0.252 e. The zero-order valence-electron chi connectivity index (χ0n) is 20.1. The summed E-state index contributed by atoms with van der Waals surface area (Å²) in [5, 5.41) is 8.25. The molecule has 0 atom stereocenters. The second-order valence-corrected chi connectivity index (χ2v) is 9.08. The van der Waals surface area contributed by atoms with Gasteiger partial charge in [0.05, 0.1) is 0 Å². The molecule has 1 N–H and O–H groups in total. The molecule has 0 spiro atoms. The predicted octanol–water partition coefficient (Wildman–Crippen LogP) is 3.39. The van der Waals surface area contributed by atoms with Crippen LogP contribution in [0.1, 0.15) is 35.6 Å². The van der Waals surface area contributed by atoms with Crippen LogP contribution in [0.5, 0.6) is 0 Å². The first-order chi connectivity index (χ1) is 15.9. The van der Waals surface area contributed by atoms with Crippen molar-refractivity contribution in [2.75, 3.05) is 44.2 Å². The fraction of sp³-hybridized carbons (Fsp3) is 0.500. The summed E-state index contributed by atoms with van der Waals surface area (Å²) in [5.74, 6) is 1.39. The minimum atomic E-state index is 0. The van der Waals surface area contributed by atoms with Crippen LogP contribution in [-0.4, -0.2) is 69.7 Å². The lowest BCUT2D eigenvalue weighted by Gasteiger charge is -2.36. The number of halogens is 2. The highest BCUT2D eigenvalue weighted by molar-refractivity contribution is 6.30. The molecule has 3 aromatic rings. The first-order valence-corrected chi connectivity index (χ1v) is 12.0. The summed E-state index contributed by atoms with van der Waals surface area (Å²) >= 11 is 6.12. The Morgan fingerprint density at radius 1 is 1.12 bits per heavy atom. The monoisotopic (exact) mass is 505 g/mol. The van der Waals surface area contributed by atoms with Crippen molar-refractivity contribution in [3.8, 4) is 0 Å². The smallest absolute Gasteiger partial charge is 0.252 e. The van der Waals surface area contributed by atoms with Gasteiger partial charge in [0.15, 0.2) is 0 Å². The molecule has 10 heteroatoms. The molecule has 1 amide bonds. The standard InChI is InChI=1S/C24H32ClN7O.ClH/c1-17-22(18(2)32-24(27-17)28-19(3)29-32)8-9-23(33)26-10-5-11-30-12-14-31(15-13-30)21-7-4-6-20(25)16-21;/h4,6-7,16H,5,8-15H2,1-3H3,(H,26,33);1H. The SMILES string of the molecule is Cc1nc2nc(C)c(CCC(=O)NCCCN3CCN(c4cccc(Cl)c4)CC3)c(C)n2n1.Cl. The van der Waals surface area contributed by atoms with Crippen LogP contribution >= 0.6 is 24.0 Å². The van der Waals surface area contributed by atoms with E-state index in [-0.39, 0.29) is 18.3 Å². The Morgan fingerprint density at radius 3 is 2.62 bits per heavy atom. The first kappa shape index (κ1) is 26.2. The van der Waals surface area contributed by atoms with Crippen LogP contribution in [0.15, 0.2) is 24.3 Å². The average Bonchev–Trinajstić information content (AvgIpc) is 3.17. The number of aromatic nitrogens is 4. The Morgan fingerprint density at radius 2 is 1.88 bits per heavy atom. The third-order valence-corrected chi connectivity index (χ3v) is 6.51. The fourth-order valence-corrected chi connectivity index (χ4v) is 4.61. The van der Waals surface area contributed by atoms with Crippen molar-refractivity contribution in [3.05, 3.63) is 52.1 Å². The van der Waals surface area contributed by atoms with Gasteiger partial charge in [0.25, 0.3) is 5.78 Å². The van der Waals surface area contributed by atoms with Crippen molar-refractivity contribution >= 4 is 41.4 Å². The van der Waals surface area contributed by atoms with Crippen LogP contribution < -0.4 is 10.2 Å². The Hall–Kier alpha value is -2.42. The van der Waals surface area contributed by atoms with Crippen LogP contribution in [0.4, 0.5) is 5.69 Å². The van der Waals surface area contributed by atoms with E-state index in [1.54, 1.807) is 4.52 Å². The van der Waals surface area contributed by atoms with E-state index < -0.39 is 0 Å². The zero-order chi connectivity index (χ0) is 23.4. The number of anilines is 1. The lowest BCUT2D eigenvalue weighted by molar-refractivity contribution is -0.121. The van der Waals surface area contributed by atoms with Gasteiger partial charge in [-0.25, -0.2) is 9.50 Å². The number of carbonyl (C=O) groups is 1. The van der Waals surface area contributed by atoms with Gasteiger partial charge in [-0.3, -0.25) is 9.69 Å². The molecule has 184 valence electrons. The van der Waals surface area contributed by atoms with E-state index in [0.717, 1.165) is 61.1 Å². The van der Waals surface area contributed by atoms with E-state index in [4.69, 9.17) is 11.6 Å². The van der Waals surface area contributed by atoms with Crippen LogP contribution in [0.2, 0.25) is 5.02 Å². The van der Waals surface area contributed by atoms with Crippen LogP contribution in [-0.2, 0) is 11.2 Å². The molecule has 4 rings (SSSR count). The number of fused-ring (bicyclic) bond motifs is 1. The molecule has 1 aromatic carbocycles. The Labute approximate surface area is 212 Å². The number of rotatable bonds is 8. The van der Waals surface area contributed by atoms with Gasteiger partial charge < -0.3 is 10.2 Å². The molecule has 34 heavy (non-hydrogen) atoms. The largest absolute Gasteiger partial charge is 0.369 e. The summed E-state index contributed by atoms with van der Waals surface area (Å²) in [5.41, 5.74) is 4.17. The van der Waals surface area contributed by atoms with Gasteiger partial charge in [-0.05, 0) is 63.9 Å². The molecule has 0 saturated carbocycles. The van der Waals surface area contributed by atoms with E-state index >= 15 is 0 Å². The molecule has 1 aliphatic rings. The molecule has 0 aliphatic carbocycles. The normalized spacial score (nSPS) is 14.3. The number of aryl methyl sites for hydroxylation is 3. The number of amides is 1. The predicted molar refractivity (Wildman–Crippen MR) is 138 cm³/mol. The Kier molecular flexibility index (Phi) is 9.10. The molecule has 8 nitrogen and oxygen atoms in total. The fourth-order valence-electron chi connectivity index (χ4n) is 4.43. The minimum Gasteiger partial charge on any atom is -0.369 e. The summed E-state index contributed by atoms with van der Waals surface area (Å²) in [6.07, 6.45) is 2.05. The number of benzene rings is 1. The zero-order valence-corrected chi connectivity index (χ0v) is 21.6. The van der Waals surface area contributed by atoms with E-state index in [0.29, 0.717) is 31.0 Å². The quantitative estimate of drug-likeness (QED) is 0.472. The molecular weight excluding hydrogens is 473 g/mol. The maximum absolute atomic E-state index is 12.4. The summed E-state index contributed by atoms with van der Waals surface area (Å²) < 4.78 is 1.77. The number of nitrogens with zero attached hydrogens (tertiary/aromatic N) is 6. The third-order valence-electron chi connectivity index (χ3n) is 6.28. The number of nitrogens with one attached hydrogen (secondary N) is 1. The highest BCUT2D eigenvalue weighted by atomic mass is 35.5. The van der Waals surface area contributed by atoms with Gasteiger partial charge >= 0.3 is 0 Å². The van der Waals surface area contributed by atoms with Gasteiger partial charge in [0.2, 0.25) is 5.91 Å². The Bertz CT molecular complexity index is 1130. The summed E-state index contributed by atoms with van der Waals surface area (Å²) in [6, 6.07) is 8.04. The van der Waals surface area contributed by atoms with E-state index in [9.17, 15) is 4.79 Å². The van der Waals surface area contributed by atoms with Gasteiger partial charge in [0.1, 0.15) is 5.82 Å². The van der Waals surface area contributed by atoms with Gasteiger partial charge in [-0.1, -0.05) is 17.7 Å². The van der Waals surface area contributed by atoms with Crippen molar-refractivity contribution in [1.29, 1.82) is 0 Å². The first-order valence-electron chi connectivity index (χ1n) is 11.6. The van der Waals surface area contributed by atoms with Crippen molar-refractivity contribution in [3.63, 3.8) is 0 Å². The molecule has 0 unspecified atom stereocenters. The van der Waals surface area contributed by atoms with Crippen LogP contribution in [0, 0.1) is 20.8 Å². The minimum absolute atomic E-state index is 0. The van der Waals surface area contributed by atoms with Gasteiger partial charge in [-0.2, -0.15) is 10.1 Å². The van der Waals surface area contributed by atoms with E-state index in [1.807, 2.05) is 39.0 Å². The lowest BCUT2D eigenvalue weighted by Crippen LogP contribution is -2.47. The summed E-state index contributed by atoms with van der Waals surface area (Å²) in [6.45, 7) is 11.6. The Balaban J connectivity index is 0.00000324. The summed E-state index contributed by atoms with van der Waals surface area (Å²) in [4.78, 5) is 26.1. The molecule has 3 heterocycles. The molecule has 0 bridgehead atoms. The highest BCUT2D eigenvalue weighted by Gasteiger charge is 2.17. The average molecular weight is 506 g/mol. The van der Waals surface area contributed by atoms with Crippen molar-refractivity contribution < 1.29 is 4.79 Å². The number of hydrogen-bond acceptors (Lipinski definition) is 6. The third kappa shape index (κ3) is 6.37. The lowest BCUT2D eigenvalue weighted by atomic mass is 10.1. The molecule has 1 saturated heterocycles. The van der Waals surface area contributed by atoms with Gasteiger partial charge in [-0.15, -0.1) is 12.4 Å². The number of hydrogen-bond donors (Lipinski definition) is 1. The highest BCUT2D eigenvalue weighted by Crippen LogP contribution is 2.21. The second-order valence-electron chi connectivity index (χ2n) is 8.64. The van der Waals surface area contributed by atoms with Crippen LogP contribution in [0.25, 0.3) is 5.78 Å². The van der Waals surface area contributed by atoms with E-state index in [2.05, 4.69) is 36.2 Å². The molecule has 0 radical (unpaired) electrons. The van der Waals surface area contributed by atoms with Crippen molar-refractivity contribution in [1.82, 2.24) is 29.8 Å². The molecule has 2 aromatic heterocycles. The molecular formula is C24H33Cl2N7O. The second kappa shape index (κ2) is 11.8. The van der Waals surface area contributed by atoms with Crippen molar-refractivity contribution in [2.24, 2.45) is 0 Å². The maximum atomic E-state index is 12.4. The number of carbonyl (C=O) groups excluding carboxylic acids is 1. The summed E-state index contributed by atoms with van der Waals surface area (Å²) in [7, 11) is 0. The molecule has 1 aliphatic heterocycles. The van der Waals surface area contributed by atoms with E-state index in [1.165, 1.54) is 5.69 Å². The topological polar surface area (TPSA) is 78.7 Å². The molecule has 1 fully saturated rings. The number of piperazine rings is 1. The van der Waals surface area contributed by atoms with Gasteiger partial charge in [0, 0.05) is 61.2 Å².